The summed E-state index contributed by atoms with van der Waals surface area (Å²) >= 11 is 11.8. The molecule has 1 aromatic carbocycles. The molecule has 0 aliphatic carbocycles. The van der Waals surface area contributed by atoms with Crippen LogP contribution in [0.2, 0.25) is 10.0 Å². The summed E-state index contributed by atoms with van der Waals surface area (Å²) < 4.78 is 33.7. The average molecular weight is 451 g/mol. The van der Waals surface area contributed by atoms with E-state index < -0.39 is 31.9 Å². The minimum Gasteiger partial charge on any atom is -0.480 e. The SMILES string of the molecule is CC(C)(CO)CO[PH](=O)C(OC(=O)COc1ccc(Cl)cc1Cl)c1ccco1. The Hall–Kier alpha value is -1.50. The van der Waals surface area contributed by atoms with Gasteiger partial charge in [-0.15, -0.1) is 0 Å². The van der Waals surface area contributed by atoms with Gasteiger partial charge in [-0.2, -0.15) is 0 Å². The number of hydrogen-bond acceptors (Lipinski definition) is 7. The minimum absolute atomic E-state index is 0.0208. The molecule has 1 N–H and O–H groups in total. The van der Waals surface area contributed by atoms with E-state index in [0.29, 0.717) is 5.02 Å². The Labute approximate surface area is 173 Å². The molecule has 0 aliphatic heterocycles. The maximum atomic E-state index is 12.6. The van der Waals surface area contributed by atoms with Gasteiger partial charge in [-0.3, -0.25) is 4.57 Å². The number of halogens is 2. The smallest absolute Gasteiger partial charge is 0.345 e. The molecule has 154 valence electrons. The first-order valence-electron chi connectivity index (χ1n) is 8.30. The third kappa shape index (κ3) is 6.83. The van der Waals surface area contributed by atoms with E-state index in [1.165, 1.54) is 24.5 Å². The second kappa shape index (κ2) is 10.3. The van der Waals surface area contributed by atoms with Gasteiger partial charge in [0.1, 0.15) is 5.75 Å². The molecule has 1 heterocycles. The van der Waals surface area contributed by atoms with E-state index in [4.69, 9.17) is 41.6 Å². The minimum atomic E-state index is -2.88. The van der Waals surface area contributed by atoms with Crippen molar-refractivity contribution >= 4 is 37.2 Å². The molecule has 0 saturated heterocycles. The van der Waals surface area contributed by atoms with Crippen LogP contribution in [0.25, 0.3) is 0 Å². The summed E-state index contributed by atoms with van der Waals surface area (Å²) in [6, 6.07) is 7.66. The summed E-state index contributed by atoms with van der Waals surface area (Å²) in [5.41, 5.74) is -0.591. The fourth-order valence-corrected chi connectivity index (χ4v) is 3.72. The van der Waals surface area contributed by atoms with Gasteiger partial charge < -0.3 is 23.5 Å². The topological polar surface area (TPSA) is 95.2 Å². The summed E-state index contributed by atoms with van der Waals surface area (Å²) in [5, 5.41) is 9.95. The second-order valence-corrected chi connectivity index (χ2v) is 8.97. The van der Waals surface area contributed by atoms with E-state index in [1.807, 2.05) is 0 Å². The van der Waals surface area contributed by atoms with E-state index in [1.54, 1.807) is 26.0 Å². The number of carbonyl (C=O) groups is 1. The maximum Gasteiger partial charge on any atom is 0.345 e. The lowest BCUT2D eigenvalue weighted by Crippen LogP contribution is -2.23. The zero-order chi connectivity index (χ0) is 20.7. The van der Waals surface area contributed by atoms with Gasteiger partial charge in [0, 0.05) is 10.4 Å². The summed E-state index contributed by atoms with van der Waals surface area (Å²) in [5.74, 6) is -1.56. The van der Waals surface area contributed by atoms with Crippen LogP contribution in [0, 0.1) is 5.41 Å². The molecule has 0 saturated carbocycles. The Morgan fingerprint density at radius 2 is 2.07 bits per heavy atom. The molecule has 2 unspecified atom stereocenters. The van der Waals surface area contributed by atoms with Gasteiger partial charge in [-0.25, -0.2) is 4.79 Å². The van der Waals surface area contributed by atoms with Crippen molar-refractivity contribution < 1.29 is 32.9 Å². The Kier molecular flexibility index (Phi) is 8.40. The van der Waals surface area contributed by atoms with Crippen LogP contribution in [-0.2, 0) is 18.6 Å². The molecule has 2 atom stereocenters. The van der Waals surface area contributed by atoms with Crippen molar-refractivity contribution in [1.82, 2.24) is 0 Å². The molecule has 0 aliphatic rings. The Balaban J connectivity index is 2.00. The molecule has 1 aromatic heterocycles. The Bertz CT molecular complexity index is 808. The van der Waals surface area contributed by atoms with Gasteiger partial charge in [0.2, 0.25) is 13.9 Å². The predicted molar refractivity (Wildman–Crippen MR) is 105 cm³/mol. The number of esters is 1. The molecule has 0 spiro atoms. The summed E-state index contributed by atoms with van der Waals surface area (Å²) in [4.78, 5) is 12.2. The second-order valence-electron chi connectivity index (χ2n) is 6.68. The van der Waals surface area contributed by atoms with Gasteiger partial charge in [0.05, 0.1) is 24.5 Å². The number of aliphatic hydroxyl groups excluding tert-OH is 1. The lowest BCUT2D eigenvalue weighted by molar-refractivity contribution is -0.149. The van der Waals surface area contributed by atoms with Crippen molar-refractivity contribution in [3.05, 3.63) is 52.4 Å². The highest BCUT2D eigenvalue weighted by Crippen LogP contribution is 2.44. The van der Waals surface area contributed by atoms with Crippen LogP contribution >= 0.6 is 31.2 Å². The summed E-state index contributed by atoms with van der Waals surface area (Å²) in [6.07, 6.45) is 1.37. The third-order valence-corrected chi connectivity index (χ3v) is 5.33. The number of carbonyl (C=O) groups excluding carboxylic acids is 1. The summed E-state index contributed by atoms with van der Waals surface area (Å²) in [7, 11) is -2.88. The molecule has 28 heavy (non-hydrogen) atoms. The van der Waals surface area contributed by atoms with Crippen molar-refractivity contribution in [2.75, 3.05) is 19.8 Å². The molecule has 0 bridgehead atoms. The highest BCUT2D eigenvalue weighted by atomic mass is 35.5. The van der Waals surface area contributed by atoms with E-state index in [0.717, 1.165) is 0 Å². The van der Waals surface area contributed by atoms with E-state index in [2.05, 4.69) is 0 Å². The lowest BCUT2D eigenvalue weighted by atomic mass is 9.97. The van der Waals surface area contributed by atoms with Crippen LogP contribution in [0.3, 0.4) is 0 Å². The summed E-state index contributed by atoms with van der Waals surface area (Å²) in [6.45, 7) is 2.91. The zero-order valence-corrected chi connectivity index (χ0v) is 17.8. The maximum absolute atomic E-state index is 12.6. The fourth-order valence-electron chi connectivity index (χ4n) is 1.95. The van der Waals surface area contributed by atoms with Crippen molar-refractivity contribution in [2.45, 2.75) is 19.7 Å². The number of furan rings is 1. The van der Waals surface area contributed by atoms with Crippen molar-refractivity contribution in [3.8, 4) is 5.75 Å². The number of rotatable bonds is 10. The lowest BCUT2D eigenvalue weighted by Gasteiger charge is -2.23. The van der Waals surface area contributed by atoms with Gasteiger partial charge >= 0.3 is 5.97 Å². The average Bonchev–Trinajstić information content (AvgIpc) is 3.18. The zero-order valence-electron chi connectivity index (χ0n) is 15.3. The van der Waals surface area contributed by atoms with Crippen LogP contribution in [0.4, 0.5) is 0 Å². The third-order valence-electron chi connectivity index (χ3n) is 3.54. The number of aliphatic hydroxyl groups is 1. The molecule has 0 radical (unpaired) electrons. The molecular weight excluding hydrogens is 430 g/mol. The molecule has 7 nitrogen and oxygen atoms in total. The monoisotopic (exact) mass is 450 g/mol. The van der Waals surface area contributed by atoms with Crippen molar-refractivity contribution in [3.63, 3.8) is 0 Å². The standard InChI is InChI=1S/C18H21Cl2O7P/c1-18(2,10-21)11-26-28(23)17(15-4-3-7-24-15)27-16(22)9-25-14-6-5-12(19)8-13(14)20/h3-8,17,21,28H,9-11H2,1-2H3. The number of hydrogen-bond donors (Lipinski definition) is 1. The van der Waals surface area contributed by atoms with Gasteiger partial charge in [0.15, 0.2) is 12.4 Å². The first kappa shape index (κ1) is 22.8. The molecule has 10 heteroatoms. The van der Waals surface area contributed by atoms with Crippen LogP contribution in [0.5, 0.6) is 5.75 Å². The highest BCUT2D eigenvalue weighted by Gasteiger charge is 2.29. The molecule has 0 amide bonds. The fraction of sp³-hybridized carbons (Fsp3) is 0.389. The van der Waals surface area contributed by atoms with Crippen molar-refractivity contribution in [1.29, 1.82) is 0 Å². The van der Waals surface area contributed by atoms with E-state index in [-0.39, 0.29) is 29.7 Å². The Morgan fingerprint density at radius 3 is 2.68 bits per heavy atom. The first-order valence-corrected chi connectivity index (χ1v) is 10.4. The van der Waals surface area contributed by atoms with Crippen LogP contribution < -0.4 is 4.74 Å². The molecule has 2 aromatic rings. The van der Waals surface area contributed by atoms with Gasteiger partial charge in [-0.1, -0.05) is 37.0 Å². The first-order chi connectivity index (χ1) is 13.2. The Morgan fingerprint density at radius 1 is 1.32 bits per heavy atom. The van der Waals surface area contributed by atoms with Crippen LogP contribution in [0.15, 0.2) is 41.0 Å². The highest BCUT2D eigenvalue weighted by molar-refractivity contribution is 7.39. The van der Waals surface area contributed by atoms with E-state index in [9.17, 15) is 14.5 Å². The number of benzene rings is 1. The van der Waals surface area contributed by atoms with E-state index >= 15 is 0 Å². The number of ether oxygens (including phenoxy) is 2. The quantitative estimate of drug-likeness (QED) is 0.413. The normalized spacial score (nSPS) is 13.8. The predicted octanol–water partition coefficient (Wildman–Crippen LogP) is 4.72. The van der Waals surface area contributed by atoms with Crippen LogP contribution in [0.1, 0.15) is 25.5 Å². The molecule has 0 fully saturated rings. The molecule has 2 rings (SSSR count). The van der Waals surface area contributed by atoms with Crippen LogP contribution in [-0.4, -0.2) is 30.9 Å². The van der Waals surface area contributed by atoms with Crippen molar-refractivity contribution in [2.24, 2.45) is 5.41 Å². The van der Waals surface area contributed by atoms with Gasteiger partial charge in [0.25, 0.3) is 0 Å². The van der Waals surface area contributed by atoms with Gasteiger partial charge in [-0.05, 0) is 30.3 Å². The largest absolute Gasteiger partial charge is 0.480 e. The molecular formula is C18H21Cl2O7P.